The first-order valence-electron chi connectivity index (χ1n) is 11.7. The van der Waals surface area contributed by atoms with Crippen molar-refractivity contribution in [2.24, 2.45) is 0 Å². The Morgan fingerprint density at radius 1 is 1.00 bits per heavy atom. The zero-order chi connectivity index (χ0) is 26.1. The van der Waals surface area contributed by atoms with Crippen LogP contribution in [0, 0.1) is 0 Å². The minimum absolute atomic E-state index is 0.0552. The van der Waals surface area contributed by atoms with E-state index < -0.39 is 0 Å². The summed E-state index contributed by atoms with van der Waals surface area (Å²) in [5.41, 5.74) is 3.59. The Morgan fingerprint density at radius 3 is 2.27 bits per heavy atom. The third kappa shape index (κ3) is 4.35. The second kappa shape index (κ2) is 9.69. The summed E-state index contributed by atoms with van der Waals surface area (Å²) in [5, 5.41) is 4.13. The smallest absolute Gasteiger partial charge is 0.261 e. The van der Waals surface area contributed by atoms with E-state index >= 15 is 0 Å². The third-order valence-electron chi connectivity index (χ3n) is 6.67. The Bertz CT molecular complexity index is 1450. The van der Waals surface area contributed by atoms with Crippen molar-refractivity contribution in [3.05, 3.63) is 107 Å². The number of ether oxygens (including phenoxy) is 1. The largest absolute Gasteiger partial charge is 0.496 e. The zero-order valence-corrected chi connectivity index (χ0v) is 20.7. The summed E-state index contributed by atoms with van der Waals surface area (Å²) in [4.78, 5) is 46.0. The molecule has 1 unspecified atom stereocenters. The van der Waals surface area contributed by atoms with E-state index in [0.717, 1.165) is 11.3 Å². The van der Waals surface area contributed by atoms with E-state index in [1.807, 2.05) is 31.2 Å². The monoisotopic (exact) mass is 495 g/mol. The lowest BCUT2D eigenvalue weighted by Gasteiger charge is -2.26. The van der Waals surface area contributed by atoms with Gasteiger partial charge in [-0.3, -0.25) is 19.3 Å². The van der Waals surface area contributed by atoms with Gasteiger partial charge in [0.25, 0.3) is 17.7 Å². The van der Waals surface area contributed by atoms with Crippen molar-refractivity contribution in [3.63, 3.8) is 0 Å². The maximum absolute atomic E-state index is 13.6. The van der Waals surface area contributed by atoms with Gasteiger partial charge in [-0.2, -0.15) is 5.10 Å². The van der Waals surface area contributed by atoms with Gasteiger partial charge in [0.1, 0.15) is 18.4 Å². The van der Waals surface area contributed by atoms with Crippen molar-refractivity contribution in [1.82, 2.24) is 24.6 Å². The highest BCUT2D eigenvalue weighted by molar-refractivity contribution is 6.21. The molecule has 0 radical (unpaired) electrons. The van der Waals surface area contributed by atoms with Crippen LogP contribution in [-0.2, 0) is 6.54 Å². The fraction of sp³-hybridized carbons (Fsp3) is 0.179. The highest BCUT2D eigenvalue weighted by atomic mass is 16.5. The fourth-order valence-electron chi connectivity index (χ4n) is 4.42. The van der Waals surface area contributed by atoms with Crippen molar-refractivity contribution in [2.45, 2.75) is 19.5 Å². The minimum Gasteiger partial charge on any atom is -0.496 e. The van der Waals surface area contributed by atoms with Crippen LogP contribution in [0.4, 0.5) is 0 Å². The van der Waals surface area contributed by atoms with Gasteiger partial charge >= 0.3 is 0 Å². The lowest BCUT2D eigenvalue weighted by atomic mass is 10.0. The molecule has 0 saturated heterocycles. The Labute approximate surface area is 213 Å². The molecule has 4 aromatic rings. The van der Waals surface area contributed by atoms with Crippen molar-refractivity contribution < 1.29 is 19.1 Å². The number of imide groups is 1. The summed E-state index contributed by atoms with van der Waals surface area (Å²) in [6.07, 6.45) is 3.09. The maximum Gasteiger partial charge on any atom is 0.261 e. The number of methoxy groups -OCH3 is 1. The van der Waals surface area contributed by atoms with Crippen LogP contribution in [0.25, 0.3) is 5.69 Å². The maximum atomic E-state index is 13.6. The van der Waals surface area contributed by atoms with Crippen molar-refractivity contribution in [1.29, 1.82) is 0 Å². The normalized spacial score (nSPS) is 13.4. The quantitative estimate of drug-likeness (QED) is 0.361. The molecule has 1 atom stereocenters. The van der Waals surface area contributed by atoms with E-state index in [-0.39, 0.29) is 30.3 Å². The number of aromatic nitrogens is 3. The molecule has 5 rings (SSSR count). The molecular weight excluding hydrogens is 470 g/mol. The predicted molar refractivity (Wildman–Crippen MR) is 136 cm³/mol. The van der Waals surface area contributed by atoms with Gasteiger partial charge in [0.15, 0.2) is 0 Å². The van der Waals surface area contributed by atoms with Crippen LogP contribution in [0.15, 0.2) is 79.4 Å². The molecule has 37 heavy (non-hydrogen) atoms. The molecule has 3 aromatic carbocycles. The van der Waals surface area contributed by atoms with E-state index in [0.29, 0.717) is 28.0 Å². The molecule has 0 spiro atoms. The zero-order valence-electron chi connectivity index (χ0n) is 20.7. The van der Waals surface area contributed by atoms with Crippen molar-refractivity contribution in [2.75, 3.05) is 14.2 Å². The SMILES string of the molecule is COc1ccc(CN2C(=O)c3ccccc3C2=O)cc1C(=O)N(C)C(C)c1ccc(-n2cncn2)cc1. The predicted octanol–water partition coefficient (Wildman–Crippen LogP) is 3.91. The van der Waals surface area contributed by atoms with Gasteiger partial charge in [-0.25, -0.2) is 9.67 Å². The summed E-state index contributed by atoms with van der Waals surface area (Å²) < 4.78 is 7.13. The van der Waals surface area contributed by atoms with E-state index in [1.54, 1.807) is 65.4 Å². The molecule has 1 aliphatic heterocycles. The number of nitrogens with zero attached hydrogens (tertiary/aromatic N) is 5. The molecule has 0 fully saturated rings. The van der Waals surface area contributed by atoms with Gasteiger partial charge in [0, 0.05) is 7.05 Å². The van der Waals surface area contributed by atoms with Gasteiger partial charge in [-0.15, -0.1) is 0 Å². The van der Waals surface area contributed by atoms with Crippen molar-refractivity contribution in [3.8, 4) is 11.4 Å². The number of fused-ring (bicyclic) bond motifs is 1. The number of benzene rings is 3. The standard InChI is InChI=1S/C28H25N5O4/c1-18(20-9-11-21(12-10-20)33-17-29-16-30-33)31(2)26(34)24-14-19(8-13-25(24)37-3)15-32-27(35)22-6-4-5-7-23(22)28(32)36/h4-14,16-18H,15H2,1-3H3. The first kappa shape index (κ1) is 23.9. The summed E-state index contributed by atoms with van der Waals surface area (Å²) in [7, 11) is 3.23. The number of hydrogen-bond donors (Lipinski definition) is 0. The molecule has 186 valence electrons. The van der Waals surface area contributed by atoms with E-state index in [2.05, 4.69) is 10.1 Å². The van der Waals surface area contributed by atoms with E-state index in [1.165, 1.54) is 18.3 Å². The van der Waals surface area contributed by atoms with E-state index in [4.69, 9.17) is 4.74 Å². The lowest BCUT2D eigenvalue weighted by Crippen LogP contribution is -2.31. The summed E-state index contributed by atoms with van der Waals surface area (Å²) >= 11 is 0. The average Bonchev–Trinajstić information content (AvgIpc) is 3.56. The molecular formula is C28H25N5O4. The van der Waals surface area contributed by atoms with Crippen LogP contribution < -0.4 is 4.74 Å². The molecule has 0 N–H and O–H groups in total. The summed E-state index contributed by atoms with van der Waals surface area (Å²) in [6, 6.07) is 19.4. The van der Waals surface area contributed by atoms with Crippen LogP contribution in [0.2, 0.25) is 0 Å². The van der Waals surface area contributed by atoms with Gasteiger partial charge in [0.2, 0.25) is 0 Å². The number of amides is 3. The molecule has 1 aliphatic rings. The molecule has 1 aromatic heterocycles. The van der Waals surface area contributed by atoms with Gasteiger partial charge in [-0.05, 0) is 54.4 Å². The summed E-state index contributed by atoms with van der Waals surface area (Å²) in [5.74, 6) is -0.514. The molecule has 9 nitrogen and oxygen atoms in total. The second-order valence-electron chi connectivity index (χ2n) is 8.80. The molecule has 0 aliphatic carbocycles. The third-order valence-corrected chi connectivity index (χ3v) is 6.67. The number of rotatable bonds is 7. The van der Waals surface area contributed by atoms with Crippen LogP contribution in [0.3, 0.4) is 0 Å². The average molecular weight is 496 g/mol. The van der Waals surface area contributed by atoms with Crippen LogP contribution >= 0.6 is 0 Å². The Morgan fingerprint density at radius 2 is 1.68 bits per heavy atom. The molecule has 0 bridgehead atoms. The molecule has 2 heterocycles. The topological polar surface area (TPSA) is 97.6 Å². The Kier molecular flexibility index (Phi) is 6.27. The Balaban J connectivity index is 1.36. The van der Waals surface area contributed by atoms with Gasteiger partial charge in [0.05, 0.1) is 42.1 Å². The number of carbonyl (C=O) groups excluding carboxylic acids is 3. The molecule has 3 amide bonds. The summed E-state index contributed by atoms with van der Waals surface area (Å²) in [6.45, 7) is 2.00. The first-order chi connectivity index (χ1) is 17.9. The number of hydrogen-bond acceptors (Lipinski definition) is 6. The fourth-order valence-corrected chi connectivity index (χ4v) is 4.42. The first-order valence-corrected chi connectivity index (χ1v) is 11.7. The lowest BCUT2D eigenvalue weighted by molar-refractivity contribution is 0.0642. The van der Waals surface area contributed by atoms with E-state index in [9.17, 15) is 14.4 Å². The molecule has 0 saturated carbocycles. The van der Waals surface area contributed by atoms with Crippen LogP contribution in [-0.4, -0.2) is 56.4 Å². The van der Waals surface area contributed by atoms with Crippen molar-refractivity contribution >= 4 is 17.7 Å². The molecule has 9 heteroatoms. The number of carbonyl (C=O) groups is 3. The van der Waals surface area contributed by atoms with Crippen LogP contribution in [0.5, 0.6) is 5.75 Å². The van der Waals surface area contributed by atoms with Gasteiger partial charge in [-0.1, -0.05) is 30.3 Å². The Hall–Kier alpha value is -4.79. The van der Waals surface area contributed by atoms with Gasteiger partial charge < -0.3 is 9.64 Å². The highest BCUT2D eigenvalue weighted by Gasteiger charge is 2.35. The second-order valence-corrected chi connectivity index (χ2v) is 8.80. The highest BCUT2D eigenvalue weighted by Crippen LogP contribution is 2.29. The minimum atomic E-state index is -0.343. The van der Waals surface area contributed by atoms with Crippen LogP contribution in [0.1, 0.15) is 55.2 Å².